The van der Waals surface area contributed by atoms with Crippen LogP contribution in [0.2, 0.25) is 0 Å². The number of nitrogens with zero attached hydrogens (tertiary/aromatic N) is 1. The van der Waals surface area contributed by atoms with Gasteiger partial charge in [0.25, 0.3) is 5.69 Å². The largest absolute Gasteiger partial charge is 0.461 e. The fourth-order valence-electron chi connectivity index (χ4n) is 1.73. The summed E-state index contributed by atoms with van der Waals surface area (Å²) in [4.78, 5) is 10.5. The van der Waals surface area contributed by atoms with Gasteiger partial charge in [-0.3, -0.25) is 10.1 Å². The Morgan fingerprint density at radius 1 is 1.27 bits per heavy atom. The van der Waals surface area contributed by atoms with Crippen LogP contribution >= 0.6 is 0 Å². The molecule has 0 bridgehead atoms. The Bertz CT molecular complexity index is 554. The van der Waals surface area contributed by atoms with E-state index in [0.29, 0.717) is 11.0 Å². The Morgan fingerprint density at radius 2 is 1.93 bits per heavy atom. The summed E-state index contributed by atoms with van der Waals surface area (Å²) in [5.41, 5.74) is 2.51. The fraction of sp³-hybridized carbons (Fsp3) is 0.273. The molecule has 0 radical (unpaired) electrons. The van der Waals surface area contributed by atoms with E-state index >= 15 is 0 Å². The van der Waals surface area contributed by atoms with Gasteiger partial charge in [0.2, 0.25) is 0 Å². The lowest BCUT2D eigenvalue weighted by molar-refractivity contribution is -0.383. The SMILES string of the molecule is Cc1oc2c(C)ccc([N+](=O)[O-])c2c1C. The smallest absolute Gasteiger partial charge is 0.280 e. The second-order valence-corrected chi connectivity index (χ2v) is 3.65. The summed E-state index contributed by atoms with van der Waals surface area (Å²) in [6.45, 7) is 5.54. The Hall–Kier alpha value is -1.84. The summed E-state index contributed by atoms with van der Waals surface area (Å²) in [6, 6.07) is 3.24. The van der Waals surface area contributed by atoms with Gasteiger partial charge in [-0.25, -0.2) is 0 Å². The summed E-state index contributed by atoms with van der Waals surface area (Å²) in [5, 5.41) is 11.5. The lowest BCUT2D eigenvalue weighted by Crippen LogP contribution is -1.90. The van der Waals surface area contributed by atoms with Gasteiger partial charge in [0, 0.05) is 11.6 Å². The number of nitro groups is 1. The number of non-ortho nitro benzene ring substituents is 1. The number of rotatable bonds is 1. The van der Waals surface area contributed by atoms with E-state index < -0.39 is 0 Å². The minimum absolute atomic E-state index is 0.116. The molecule has 1 aromatic carbocycles. The van der Waals surface area contributed by atoms with Gasteiger partial charge >= 0.3 is 0 Å². The highest BCUT2D eigenvalue weighted by Crippen LogP contribution is 2.34. The zero-order valence-corrected chi connectivity index (χ0v) is 8.83. The minimum atomic E-state index is -0.371. The Labute approximate surface area is 86.7 Å². The van der Waals surface area contributed by atoms with E-state index in [4.69, 9.17) is 4.42 Å². The molecule has 78 valence electrons. The number of hydrogen-bond acceptors (Lipinski definition) is 3. The van der Waals surface area contributed by atoms with Crippen LogP contribution in [0.1, 0.15) is 16.9 Å². The van der Waals surface area contributed by atoms with Gasteiger partial charge in [-0.05, 0) is 32.4 Å². The number of aryl methyl sites for hydroxylation is 3. The van der Waals surface area contributed by atoms with Gasteiger partial charge in [0.1, 0.15) is 16.7 Å². The van der Waals surface area contributed by atoms with Crippen molar-refractivity contribution in [3.8, 4) is 0 Å². The second kappa shape index (κ2) is 3.08. The first-order valence-electron chi connectivity index (χ1n) is 4.66. The van der Waals surface area contributed by atoms with Gasteiger partial charge in [-0.15, -0.1) is 0 Å². The van der Waals surface area contributed by atoms with Gasteiger partial charge in [0.15, 0.2) is 0 Å². The molecule has 0 aliphatic rings. The molecule has 0 saturated carbocycles. The molecule has 0 saturated heterocycles. The molecule has 0 aliphatic carbocycles. The highest BCUT2D eigenvalue weighted by molar-refractivity contribution is 5.92. The lowest BCUT2D eigenvalue weighted by Gasteiger charge is -1.96. The molecule has 1 heterocycles. The maximum atomic E-state index is 10.9. The zero-order valence-electron chi connectivity index (χ0n) is 8.83. The van der Waals surface area contributed by atoms with Crippen LogP contribution in [-0.4, -0.2) is 4.92 Å². The first-order valence-corrected chi connectivity index (χ1v) is 4.66. The van der Waals surface area contributed by atoms with Gasteiger partial charge in [-0.2, -0.15) is 0 Å². The molecule has 15 heavy (non-hydrogen) atoms. The average Bonchev–Trinajstić information content (AvgIpc) is 2.46. The third kappa shape index (κ3) is 1.29. The second-order valence-electron chi connectivity index (χ2n) is 3.65. The van der Waals surface area contributed by atoms with Gasteiger partial charge < -0.3 is 4.42 Å². The normalized spacial score (nSPS) is 10.9. The van der Waals surface area contributed by atoms with Crippen molar-refractivity contribution in [2.24, 2.45) is 0 Å². The first kappa shape index (κ1) is 9.71. The maximum Gasteiger partial charge on any atom is 0.280 e. The van der Waals surface area contributed by atoms with E-state index in [0.717, 1.165) is 16.9 Å². The molecule has 0 N–H and O–H groups in total. The molecular weight excluding hydrogens is 194 g/mol. The van der Waals surface area contributed by atoms with Crippen LogP contribution in [0.15, 0.2) is 16.5 Å². The molecule has 2 aromatic rings. The lowest BCUT2D eigenvalue weighted by atomic mass is 10.1. The summed E-state index contributed by atoms with van der Waals surface area (Å²) >= 11 is 0. The topological polar surface area (TPSA) is 56.3 Å². The monoisotopic (exact) mass is 205 g/mol. The molecule has 0 aliphatic heterocycles. The van der Waals surface area contributed by atoms with Crippen molar-refractivity contribution in [3.05, 3.63) is 39.1 Å². The molecule has 0 fully saturated rings. The van der Waals surface area contributed by atoms with Crippen molar-refractivity contribution in [1.29, 1.82) is 0 Å². The number of benzene rings is 1. The van der Waals surface area contributed by atoms with Gasteiger partial charge in [0.05, 0.1) is 4.92 Å². The molecule has 1 aromatic heterocycles. The Kier molecular flexibility index (Phi) is 2.00. The standard InChI is InChI=1S/C11H11NO3/c1-6-4-5-9(12(13)14)10-7(2)8(3)15-11(6)10/h4-5H,1-3H3. The molecule has 0 atom stereocenters. The minimum Gasteiger partial charge on any atom is -0.461 e. The van der Waals surface area contributed by atoms with Crippen molar-refractivity contribution in [3.63, 3.8) is 0 Å². The average molecular weight is 205 g/mol. The molecule has 4 nitrogen and oxygen atoms in total. The van der Waals surface area contributed by atoms with Crippen LogP contribution in [0.25, 0.3) is 11.0 Å². The molecule has 4 heteroatoms. The van der Waals surface area contributed by atoms with Crippen molar-refractivity contribution in [2.45, 2.75) is 20.8 Å². The molecular formula is C11H11NO3. The Balaban J connectivity index is 2.96. The number of hydrogen-bond donors (Lipinski definition) is 0. The highest BCUT2D eigenvalue weighted by atomic mass is 16.6. The fourth-order valence-corrected chi connectivity index (χ4v) is 1.73. The predicted octanol–water partition coefficient (Wildman–Crippen LogP) is 3.27. The molecule has 0 amide bonds. The summed E-state index contributed by atoms with van der Waals surface area (Å²) in [5.74, 6) is 0.738. The number of furan rings is 1. The van der Waals surface area contributed by atoms with Crippen LogP contribution in [0.4, 0.5) is 5.69 Å². The van der Waals surface area contributed by atoms with Crippen molar-refractivity contribution in [1.82, 2.24) is 0 Å². The summed E-state index contributed by atoms with van der Waals surface area (Å²) in [7, 11) is 0. The van der Waals surface area contributed by atoms with Gasteiger partial charge in [-0.1, -0.05) is 0 Å². The van der Waals surface area contributed by atoms with Crippen molar-refractivity contribution >= 4 is 16.7 Å². The van der Waals surface area contributed by atoms with E-state index in [1.807, 2.05) is 20.8 Å². The van der Waals surface area contributed by atoms with E-state index in [-0.39, 0.29) is 10.6 Å². The van der Waals surface area contributed by atoms with E-state index in [9.17, 15) is 10.1 Å². The van der Waals surface area contributed by atoms with E-state index in [1.165, 1.54) is 6.07 Å². The highest BCUT2D eigenvalue weighted by Gasteiger charge is 2.19. The van der Waals surface area contributed by atoms with Crippen LogP contribution in [0, 0.1) is 30.9 Å². The zero-order chi connectivity index (χ0) is 11.2. The van der Waals surface area contributed by atoms with Crippen LogP contribution in [0.3, 0.4) is 0 Å². The van der Waals surface area contributed by atoms with Crippen molar-refractivity contribution < 1.29 is 9.34 Å². The summed E-state index contributed by atoms with van der Waals surface area (Å²) < 4.78 is 5.52. The maximum absolute atomic E-state index is 10.9. The van der Waals surface area contributed by atoms with Crippen molar-refractivity contribution in [2.75, 3.05) is 0 Å². The van der Waals surface area contributed by atoms with Crippen LogP contribution < -0.4 is 0 Å². The molecule has 2 rings (SSSR count). The van der Waals surface area contributed by atoms with Crippen LogP contribution in [0.5, 0.6) is 0 Å². The third-order valence-electron chi connectivity index (χ3n) is 2.69. The molecule has 0 spiro atoms. The van der Waals surface area contributed by atoms with E-state index in [1.54, 1.807) is 6.07 Å². The third-order valence-corrected chi connectivity index (χ3v) is 2.69. The molecule has 0 unspecified atom stereocenters. The van der Waals surface area contributed by atoms with E-state index in [2.05, 4.69) is 0 Å². The first-order chi connectivity index (χ1) is 7.02. The summed E-state index contributed by atoms with van der Waals surface area (Å²) in [6.07, 6.45) is 0. The van der Waals surface area contributed by atoms with Crippen LogP contribution in [-0.2, 0) is 0 Å². The number of nitro benzene ring substituents is 1. The Morgan fingerprint density at radius 3 is 2.53 bits per heavy atom. The predicted molar refractivity (Wildman–Crippen MR) is 57.1 cm³/mol. The quantitative estimate of drug-likeness (QED) is 0.530. The number of fused-ring (bicyclic) bond motifs is 1.